The number of thiazole rings is 1. The largest absolute Gasteiger partial charge is 0.380 e. The SMILES string of the molecule is NOc1nc2ccncc2s1. The minimum atomic E-state index is 0.466. The van der Waals surface area contributed by atoms with Gasteiger partial charge in [-0.1, -0.05) is 11.3 Å². The van der Waals surface area contributed by atoms with E-state index in [1.807, 2.05) is 6.07 Å². The first-order valence-electron chi connectivity index (χ1n) is 2.97. The first-order chi connectivity index (χ1) is 5.40. The van der Waals surface area contributed by atoms with Gasteiger partial charge in [-0.15, -0.1) is 0 Å². The molecule has 0 unspecified atom stereocenters. The summed E-state index contributed by atoms with van der Waals surface area (Å²) in [5.41, 5.74) is 0.866. The molecule has 0 fully saturated rings. The second kappa shape index (κ2) is 2.44. The van der Waals surface area contributed by atoms with E-state index in [2.05, 4.69) is 14.8 Å². The highest BCUT2D eigenvalue weighted by Crippen LogP contribution is 2.25. The zero-order valence-corrected chi connectivity index (χ0v) is 6.34. The lowest BCUT2D eigenvalue weighted by atomic mass is 10.4. The number of nitrogens with zero attached hydrogens (tertiary/aromatic N) is 2. The van der Waals surface area contributed by atoms with Crippen molar-refractivity contribution in [2.75, 3.05) is 0 Å². The van der Waals surface area contributed by atoms with Crippen LogP contribution in [0.4, 0.5) is 0 Å². The number of hydrogen-bond acceptors (Lipinski definition) is 5. The molecule has 0 bridgehead atoms. The third-order valence-corrected chi connectivity index (χ3v) is 2.17. The molecule has 0 atom stereocenters. The Labute approximate surface area is 66.6 Å². The van der Waals surface area contributed by atoms with Crippen molar-refractivity contribution in [1.29, 1.82) is 0 Å². The Hall–Kier alpha value is -1.20. The summed E-state index contributed by atoms with van der Waals surface area (Å²) >= 11 is 1.38. The molecule has 0 amide bonds. The Kier molecular flexibility index (Phi) is 1.45. The van der Waals surface area contributed by atoms with Crippen LogP contribution in [-0.4, -0.2) is 9.97 Å². The third-order valence-electron chi connectivity index (χ3n) is 1.27. The van der Waals surface area contributed by atoms with E-state index in [1.54, 1.807) is 12.4 Å². The van der Waals surface area contributed by atoms with Gasteiger partial charge in [-0.05, 0) is 6.07 Å². The molecule has 0 saturated carbocycles. The van der Waals surface area contributed by atoms with Crippen LogP contribution in [0, 0.1) is 0 Å². The maximum absolute atomic E-state index is 4.94. The molecule has 0 saturated heterocycles. The second-order valence-electron chi connectivity index (χ2n) is 1.94. The molecule has 0 aromatic carbocycles. The van der Waals surface area contributed by atoms with E-state index in [-0.39, 0.29) is 0 Å². The first-order valence-corrected chi connectivity index (χ1v) is 3.79. The van der Waals surface area contributed by atoms with Gasteiger partial charge < -0.3 is 4.84 Å². The summed E-state index contributed by atoms with van der Waals surface area (Å²) in [6, 6.07) is 1.81. The van der Waals surface area contributed by atoms with E-state index < -0.39 is 0 Å². The van der Waals surface area contributed by atoms with E-state index in [9.17, 15) is 0 Å². The van der Waals surface area contributed by atoms with Crippen LogP contribution in [0.2, 0.25) is 0 Å². The van der Waals surface area contributed by atoms with Gasteiger partial charge in [0.1, 0.15) is 0 Å². The van der Waals surface area contributed by atoms with Crippen LogP contribution in [-0.2, 0) is 0 Å². The van der Waals surface area contributed by atoms with Crippen molar-refractivity contribution in [3.63, 3.8) is 0 Å². The third kappa shape index (κ3) is 1.04. The van der Waals surface area contributed by atoms with Gasteiger partial charge in [0.25, 0.3) is 5.19 Å². The predicted octanol–water partition coefficient (Wildman–Crippen LogP) is 0.944. The van der Waals surface area contributed by atoms with Crippen LogP contribution in [0.15, 0.2) is 18.5 Å². The number of rotatable bonds is 1. The fourth-order valence-electron chi connectivity index (χ4n) is 0.809. The zero-order chi connectivity index (χ0) is 7.68. The predicted molar refractivity (Wildman–Crippen MR) is 42.2 cm³/mol. The van der Waals surface area contributed by atoms with Gasteiger partial charge in [-0.25, -0.2) is 4.98 Å². The fourth-order valence-corrected chi connectivity index (χ4v) is 1.52. The van der Waals surface area contributed by atoms with E-state index in [4.69, 9.17) is 5.90 Å². The van der Waals surface area contributed by atoms with E-state index >= 15 is 0 Å². The van der Waals surface area contributed by atoms with Crippen LogP contribution in [0.5, 0.6) is 5.19 Å². The maximum Gasteiger partial charge on any atom is 0.295 e. The molecule has 2 aromatic heterocycles. The van der Waals surface area contributed by atoms with Crippen LogP contribution in [0.3, 0.4) is 0 Å². The normalized spacial score (nSPS) is 10.3. The smallest absolute Gasteiger partial charge is 0.295 e. The molecular weight excluding hydrogens is 162 g/mol. The number of fused-ring (bicyclic) bond motifs is 1. The van der Waals surface area contributed by atoms with Crippen molar-refractivity contribution < 1.29 is 4.84 Å². The lowest BCUT2D eigenvalue weighted by molar-refractivity contribution is 0.333. The van der Waals surface area contributed by atoms with Crippen molar-refractivity contribution in [2.24, 2.45) is 5.90 Å². The van der Waals surface area contributed by atoms with Crippen LogP contribution >= 0.6 is 11.3 Å². The molecule has 2 aromatic rings. The number of aromatic nitrogens is 2. The van der Waals surface area contributed by atoms with Gasteiger partial charge in [0.05, 0.1) is 10.2 Å². The minimum Gasteiger partial charge on any atom is -0.380 e. The quantitative estimate of drug-likeness (QED) is 0.642. The average Bonchev–Trinajstić information content (AvgIpc) is 2.46. The molecule has 2 heterocycles. The summed E-state index contributed by atoms with van der Waals surface area (Å²) in [6.45, 7) is 0. The molecule has 0 aliphatic rings. The Balaban J connectivity index is 2.69. The topological polar surface area (TPSA) is 61.0 Å². The summed E-state index contributed by atoms with van der Waals surface area (Å²) in [6.07, 6.45) is 3.41. The molecule has 2 rings (SSSR count). The standard InChI is InChI=1S/C6H5N3OS/c7-10-6-9-4-1-2-8-3-5(4)11-6/h1-3H,7H2. The zero-order valence-electron chi connectivity index (χ0n) is 5.52. The summed E-state index contributed by atoms with van der Waals surface area (Å²) in [4.78, 5) is 12.5. The summed E-state index contributed by atoms with van der Waals surface area (Å²) in [7, 11) is 0. The number of pyridine rings is 1. The molecule has 0 aliphatic heterocycles. The minimum absolute atomic E-state index is 0.466. The lowest BCUT2D eigenvalue weighted by Crippen LogP contribution is -2.00. The highest BCUT2D eigenvalue weighted by atomic mass is 32.1. The molecule has 2 N–H and O–H groups in total. The maximum atomic E-state index is 4.94. The average molecular weight is 167 g/mol. The molecule has 5 heteroatoms. The summed E-state index contributed by atoms with van der Waals surface area (Å²) < 4.78 is 0.980. The highest BCUT2D eigenvalue weighted by molar-refractivity contribution is 7.20. The Morgan fingerprint density at radius 1 is 1.55 bits per heavy atom. The van der Waals surface area contributed by atoms with E-state index in [0.717, 1.165) is 10.2 Å². The van der Waals surface area contributed by atoms with E-state index in [0.29, 0.717) is 5.19 Å². The molecule has 0 radical (unpaired) electrons. The summed E-state index contributed by atoms with van der Waals surface area (Å²) in [5.74, 6) is 4.94. The van der Waals surface area contributed by atoms with Crippen LogP contribution in [0.1, 0.15) is 0 Å². The molecule has 0 aliphatic carbocycles. The first kappa shape index (κ1) is 6.51. The van der Waals surface area contributed by atoms with Crippen molar-refractivity contribution in [1.82, 2.24) is 9.97 Å². The van der Waals surface area contributed by atoms with E-state index in [1.165, 1.54) is 11.3 Å². The monoisotopic (exact) mass is 167 g/mol. The van der Waals surface area contributed by atoms with Gasteiger partial charge in [0.2, 0.25) is 0 Å². The highest BCUT2D eigenvalue weighted by Gasteiger charge is 2.01. The second-order valence-corrected chi connectivity index (χ2v) is 2.93. The molecule has 56 valence electrons. The van der Waals surface area contributed by atoms with Gasteiger partial charge >= 0.3 is 0 Å². The number of hydrogen-bond donors (Lipinski definition) is 1. The lowest BCUT2D eigenvalue weighted by Gasteiger charge is -1.83. The van der Waals surface area contributed by atoms with Crippen LogP contribution in [0.25, 0.3) is 10.2 Å². The Morgan fingerprint density at radius 3 is 3.18 bits per heavy atom. The summed E-state index contributed by atoms with van der Waals surface area (Å²) in [5, 5.41) is 0.466. The number of nitrogens with two attached hydrogens (primary N) is 1. The van der Waals surface area contributed by atoms with Crippen molar-refractivity contribution in [3.05, 3.63) is 18.5 Å². The molecule has 11 heavy (non-hydrogen) atoms. The van der Waals surface area contributed by atoms with Crippen molar-refractivity contribution >= 4 is 21.6 Å². The Morgan fingerprint density at radius 2 is 2.45 bits per heavy atom. The molecule has 0 spiro atoms. The van der Waals surface area contributed by atoms with Crippen molar-refractivity contribution in [2.45, 2.75) is 0 Å². The van der Waals surface area contributed by atoms with Gasteiger partial charge in [-0.2, -0.15) is 5.90 Å². The molecule has 4 nitrogen and oxygen atoms in total. The van der Waals surface area contributed by atoms with Gasteiger partial charge in [0, 0.05) is 12.4 Å². The van der Waals surface area contributed by atoms with Crippen molar-refractivity contribution in [3.8, 4) is 5.19 Å². The fraction of sp³-hybridized carbons (Fsp3) is 0. The Bertz CT molecular complexity index is 340. The van der Waals surface area contributed by atoms with Crippen LogP contribution < -0.4 is 10.7 Å². The van der Waals surface area contributed by atoms with Gasteiger partial charge in [0.15, 0.2) is 0 Å². The van der Waals surface area contributed by atoms with Gasteiger partial charge in [-0.3, -0.25) is 4.98 Å². The molecular formula is C6H5N3OS.